The van der Waals surface area contributed by atoms with Crippen LogP contribution >= 0.6 is 0 Å². The molecule has 0 radical (unpaired) electrons. The zero-order valence-electron chi connectivity index (χ0n) is 46.1. The largest absolute Gasteiger partial charge is 0.394 e. The molecule has 5 heteroatoms. The molecular formula is C62H125NO4. The Morgan fingerprint density at radius 1 is 0.313 bits per heavy atom. The number of aliphatic hydroxyl groups is 3. The van der Waals surface area contributed by atoms with Crippen LogP contribution in [0.1, 0.15) is 367 Å². The maximum Gasteiger partial charge on any atom is 0.222 e. The summed E-state index contributed by atoms with van der Waals surface area (Å²) >= 11 is 0. The molecule has 0 aliphatic rings. The van der Waals surface area contributed by atoms with E-state index in [9.17, 15) is 20.1 Å². The third kappa shape index (κ3) is 54.5. The number of rotatable bonds is 59. The number of nitrogens with one attached hydrogen (secondary N) is 1. The van der Waals surface area contributed by atoms with Crippen LogP contribution in [0.4, 0.5) is 0 Å². The van der Waals surface area contributed by atoms with Crippen molar-refractivity contribution >= 4 is 5.91 Å². The Balaban J connectivity index is 3.41. The van der Waals surface area contributed by atoms with E-state index in [1.807, 2.05) is 0 Å². The lowest BCUT2D eigenvalue weighted by Crippen LogP contribution is -2.46. The summed E-state index contributed by atoms with van der Waals surface area (Å²) in [6.45, 7) is 4.31. The predicted molar refractivity (Wildman–Crippen MR) is 296 cm³/mol. The molecule has 0 aliphatic heterocycles. The van der Waals surface area contributed by atoms with Crippen LogP contribution in [0, 0.1) is 0 Å². The number of amides is 1. The molecule has 0 saturated carbocycles. The minimum atomic E-state index is -0.745. The fourth-order valence-corrected chi connectivity index (χ4v) is 10.4. The lowest BCUT2D eigenvalue weighted by Gasteiger charge is -2.23. The maximum atomic E-state index is 12.6. The lowest BCUT2D eigenvalue weighted by molar-refractivity contribution is -0.125. The summed E-state index contributed by atoms with van der Waals surface area (Å²) in [5, 5.41) is 33.7. The number of unbranched alkanes of at least 4 members (excludes halogenated alkanes) is 50. The van der Waals surface area contributed by atoms with E-state index < -0.39 is 18.2 Å². The first-order chi connectivity index (χ1) is 33.0. The second-order valence-corrected chi connectivity index (χ2v) is 22.0. The Morgan fingerprint density at radius 3 is 0.716 bits per heavy atom. The molecular weight excluding hydrogens is 823 g/mol. The molecule has 3 atom stereocenters. The summed E-state index contributed by atoms with van der Waals surface area (Å²) in [6.07, 6.45) is 71.6. The molecule has 0 aromatic rings. The van der Waals surface area contributed by atoms with Gasteiger partial charge in [-0.3, -0.25) is 4.79 Å². The first kappa shape index (κ1) is 66.3. The van der Waals surface area contributed by atoms with Crippen molar-refractivity contribution in [1.29, 1.82) is 0 Å². The van der Waals surface area contributed by atoms with E-state index in [1.54, 1.807) is 0 Å². The zero-order valence-corrected chi connectivity index (χ0v) is 46.1. The zero-order chi connectivity index (χ0) is 48.6. The first-order valence-corrected chi connectivity index (χ1v) is 31.3. The Labute approximate surface area is 421 Å². The predicted octanol–water partition coefficient (Wildman–Crippen LogP) is 19.7. The summed E-state index contributed by atoms with van der Waals surface area (Å²) < 4.78 is 0. The lowest BCUT2D eigenvalue weighted by atomic mass is 10.0. The molecule has 0 spiro atoms. The molecule has 0 fully saturated rings. The van der Waals surface area contributed by atoms with Crippen molar-refractivity contribution in [3.63, 3.8) is 0 Å². The van der Waals surface area contributed by atoms with Gasteiger partial charge in [0.05, 0.1) is 31.3 Å². The molecule has 402 valence electrons. The molecule has 0 rings (SSSR count). The molecule has 0 heterocycles. The van der Waals surface area contributed by atoms with Crippen LogP contribution in [0.3, 0.4) is 0 Å². The molecule has 1 amide bonds. The highest BCUT2D eigenvalue weighted by Gasteiger charge is 2.21. The van der Waals surface area contributed by atoms with Gasteiger partial charge in [0.25, 0.3) is 0 Å². The molecule has 4 N–H and O–H groups in total. The monoisotopic (exact) mass is 948 g/mol. The van der Waals surface area contributed by atoms with Gasteiger partial charge in [-0.2, -0.15) is 0 Å². The summed E-state index contributed by atoms with van der Waals surface area (Å²) in [7, 11) is 0. The van der Waals surface area contributed by atoms with Crippen LogP contribution < -0.4 is 5.32 Å². The molecule has 67 heavy (non-hydrogen) atoms. The van der Waals surface area contributed by atoms with Crippen LogP contribution in [-0.4, -0.2) is 46.1 Å². The van der Waals surface area contributed by atoms with Crippen molar-refractivity contribution in [2.75, 3.05) is 6.61 Å². The fourth-order valence-electron chi connectivity index (χ4n) is 10.4. The highest BCUT2D eigenvalue weighted by molar-refractivity contribution is 5.76. The number of aliphatic hydroxyl groups excluding tert-OH is 3. The minimum Gasteiger partial charge on any atom is -0.394 e. The van der Waals surface area contributed by atoms with Gasteiger partial charge in [-0.1, -0.05) is 348 Å². The van der Waals surface area contributed by atoms with Gasteiger partial charge in [-0.25, -0.2) is 0 Å². The molecule has 0 saturated heterocycles. The average molecular weight is 949 g/mol. The summed E-state index contributed by atoms with van der Waals surface area (Å²) in [6, 6.07) is -0.654. The normalized spacial score (nSPS) is 13.1. The topological polar surface area (TPSA) is 89.8 Å². The van der Waals surface area contributed by atoms with E-state index in [0.717, 1.165) is 25.7 Å². The van der Waals surface area contributed by atoms with Crippen molar-refractivity contribution < 1.29 is 20.1 Å². The maximum absolute atomic E-state index is 12.6. The smallest absolute Gasteiger partial charge is 0.222 e. The fraction of sp³-hybridized carbons (Fsp3) is 0.984. The van der Waals surface area contributed by atoms with Gasteiger partial charge >= 0.3 is 0 Å². The summed E-state index contributed by atoms with van der Waals surface area (Å²) in [5.41, 5.74) is 0. The Kier molecular flexibility index (Phi) is 57.4. The molecule has 0 aromatic carbocycles. The van der Waals surface area contributed by atoms with E-state index in [2.05, 4.69) is 19.2 Å². The molecule has 0 bridgehead atoms. The number of hydrogen-bond acceptors (Lipinski definition) is 4. The van der Waals surface area contributed by atoms with Gasteiger partial charge in [0, 0.05) is 0 Å². The van der Waals surface area contributed by atoms with Crippen LogP contribution in [0.15, 0.2) is 0 Å². The van der Waals surface area contributed by atoms with Crippen LogP contribution in [0.25, 0.3) is 0 Å². The van der Waals surface area contributed by atoms with Gasteiger partial charge in [-0.15, -0.1) is 0 Å². The van der Waals surface area contributed by atoms with E-state index in [0.29, 0.717) is 12.8 Å². The van der Waals surface area contributed by atoms with Crippen LogP contribution in [0.2, 0.25) is 0 Å². The van der Waals surface area contributed by atoms with Gasteiger partial charge in [-0.05, 0) is 12.8 Å². The van der Waals surface area contributed by atoms with Crippen molar-refractivity contribution in [2.45, 2.75) is 385 Å². The van der Waals surface area contributed by atoms with Crippen LogP contribution in [0.5, 0.6) is 0 Å². The highest BCUT2D eigenvalue weighted by atomic mass is 16.3. The third-order valence-corrected chi connectivity index (χ3v) is 15.2. The van der Waals surface area contributed by atoms with Crippen molar-refractivity contribution in [2.24, 2.45) is 0 Å². The van der Waals surface area contributed by atoms with Crippen molar-refractivity contribution in [3.8, 4) is 0 Å². The summed E-state index contributed by atoms with van der Waals surface area (Å²) in [5.74, 6) is -0.274. The SMILES string of the molecule is CCCCCCCCCCCCCCCCCCCCCCCCCCCCCCCCCCCCCC(O)CC(=O)NC(CO)C(O)CCCCCCCCCCCCCCCCCCC. The standard InChI is InChI=1S/C62H125NO4/c1-3-5-7-9-11-13-15-17-19-21-22-23-24-25-26-27-28-29-30-31-32-33-34-35-36-37-38-40-41-43-45-47-49-51-53-55-59(65)57-62(67)63-60(58-64)61(66)56-54-52-50-48-46-44-42-39-20-18-16-14-12-10-8-6-4-2/h59-61,64-66H,3-58H2,1-2H3,(H,63,67). The minimum absolute atomic E-state index is 0.0437. The molecule has 3 unspecified atom stereocenters. The average Bonchev–Trinajstić information content (AvgIpc) is 3.32. The van der Waals surface area contributed by atoms with E-state index >= 15 is 0 Å². The van der Waals surface area contributed by atoms with Gasteiger partial charge < -0.3 is 20.6 Å². The first-order valence-electron chi connectivity index (χ1n) is 31.3. The number of carbonyl (C=O) groups is 1. The second-order valence-electron chi connectivity index (χ2n) is 22.0. The summed E-state index contributed by atoms with van der Waals surface area (Å²) in [4.78, 5) is 12.6. The highest BCUT2D eigenvalue weighted by Crippen LogP contribution is 2.19. The Hall–Kier alpha value is -0.650. The Morgan fingerprint density at radius 2 is 0.507 bits per heavy atom. The van der Waals surface area contributed by atoms with E-state index in [4.69, 9.17) is 0 Å². The molecule has 5 nitrogen and oxygen atoms in total. The number of hydrogen-bond donors (Lipinski definition) is 4. The van der Waals surface area contributed by atoms with E-state index in [1.165, 1.54) is 308 Å². The third-order valence-electron chi connectivity index (χ3n) is 15.2. The quantitative estimate of drug-likeness (QED) is 0.0457. The van der Waals surface area contributed by atoms with Gasteiger partial charge in [0.15, 0.2) is 0 Å². The van der Waals surface area contributed by atoms with Gasteiger partial charge in [0.1, 0.15) is 0 Å². The molecule has 0 aromatic heterocycles. The van der Waals surface area contributed by atoms with Gasteiger partial charge in [0.2, 0.25) is 5.91 Å². The van der Waals surface area contributed by atoms with Crippen molar-refractivity contribution in [1.82, 2.24) is 5.32 Å². The Bertz CT molecular complexity index is 914. The molecule has 0 aliphatic carbocycles. The van der Waals surface area contributed by atoms with Crippen molar-refractivity contribution in [3.05, 3.63) is 0 Å². The van der Waals surface area contributed by atoms with E-state index in [-0.39, 0.29) is 18.9 Å². The second kappa shape index (κ2) is 57.9. The number of carbonyl (C=O) groups excluding carboxylic acids is 1. The van der Waals surface area contributed by atoms with Crippen LogP contribution in [-0.2, 0) is 4.79 Å².